The lowest BCUT2D eigenvalue weighted by Gasteiger charge is -2.34. The van der Waals surface area contributed by atoms with Gasteiger partial charge in [0.1, 0.15) is 5.82 Å². The molecule has 1 saturated carbocycles. The summed E-state index contributed by atoms with van der Waals surface area (Å²) in [5.41, 5.74) is 2.47. The minimum Gasteiger partial charge on any atom is -0.352 e. The number of nitrogens with zero attached hydrogens (tertiary/aromatic N) is 5. The van der Waals surface area contributed by atoms with Crippen LogP contribution in [-0.2, 0) is 11.2 Å². The highest BCUT2D eigenvalue weighted by Gasteiger charge is 2.24. The van der Waals surface area contributed by atoms with Gasteiger partial charge in [0.2, 0.25) is 11.7 Å². The second-order valence-corrected chi connectivity index (χ2v) is 7.64. The van der Waals surface area contributed by atoms with Gasteiger partial charge in [-0.25, -0.2) is 9.37 Å². The van der Waals surface area contributed by atoms with E-state index in [1.165, 1.54) is 30.8 Å². The van der Waals surface area contributed by atoms with Crippen LogP contribution < -0.4 is 4.90 Å². The molecule has 0 spiro atoms. The normalized spacial score (nSPS) is 17.3. The van der Waals surface area contributed by atoms with Gasteiger partial charge in [-0.05, 0) is 29.9 Å². The van der Waals surface area contributed by atoms with E-state index in [1.54, 1.807) is 10.6 Å². The Morgan fingerprint density at radius 1 is 1.07 bits per heavy atom. The summed E-state index contributed by atoms with van der Waals surface area (Å²) < 4.78 is 14.9. The summed E-state index contributed by atoms with van der Waals surface area (Å²) in [7, 11) is 0. The van der Waals surface area contributed by atoms with E-state index in [0.717, 1.165) is 17.3 Å². The van der Waals surface area contributed by atoms with Gasteiger partial charge in [-0.2, -0.15) is 4.98 Å². The maximum Gasteiger partial charge on any atom is 0.235 e. The van der Waals surface area contributed by atoms with Crippen molar-refractivity contribution in [2.24, 2.45) is 0 Å². The van der Waals surface area contributed by atoms with Gasteiger partial charge in [0.15, 0.2) is 5.82 Å². The Hall–Kier alpha value is -2.96. The number of fused-ring (bicyclic) bond motifs is 1. The first-order valence-electron chi connectivity index (χ1n) is 9.77. The number of carbonyl (C=O) groups excluding carboxylic acids is 1. The molecule has 5 rings (SSSR count). The molecule has 1 aromatic carbocycles. The van der Waals surface area contributed by atoms with Gasteiger partial charge < -0.3 is 9.80 Å². The van der Waals surface area contributed by atoms with Crippen LogP contribution in [0, 0.1) is 5.82 Å². The first-order chi connectivity index (χ1) is 13.7. The smallest absolute Gasteiger partial charge is 0.235 e. The van der Waals surface area contributed by atoms with Crippen molar-refractivity contribution in [3.8, 4) is 0 Å². The molecule has 3 aromatic rings. The van der Waals surface area contributed by atoms with Crippen molar-refractivity contribution in [2.75, 3.05) is 31.1 Å². The summed E-state index contributed by atoms with van der Waals surface area (Å²) in [6.07, 6.45) is 7.35. The third-order valence-corrected chi connectivity index (χ3v) is 5.61. The number of hydrogen-bond acceptors (Lipinski definition) is 4. The average Bonchev–Trinajstić information content (AvgIpc) is 3.48. The van der Waals surface area contributed by atoms with Crippen LogP contribution in [0.15, 0.2) is 42.9 Å². The zero-order valence-corrected chi connectivity index (χ0v) is 15.6. The highest BCUT2D eigenvalue weighted by molar-refractivity contribution is 5.79. The number of imidazole rings is 1. The molecule has 0 radical (unpaired) electrons. The van der Waals surface area contributed by atoms with E-state index in [2.05, 4.69) is 39.1 Å². The van der Waals surface area contributed by atoms with Crippen molar-refractivity contribution >= 4 is 17.5 Å². The molecule has 28 heavy (non-hydrogen) atoms. The Morgan fingerprint density at radius 3 is 2.54 bits per heavy atom. The molecule has 6 nitrogen and oxygen atoms in total. The first-order valence-corrected chi connectivity index (χ1v) is 9.77. The molecule has 1 saturated heterocycles. The molecule has 0 N–H and O–H groups in total. The number of piperazine rings is 1. The molecule has 2 aromatic heterocycles. The second-order valence-electron chi connectivity index (χ2n) is 7.64. The Balaban J connectivity index is 1.19. The Kier molecular flexibility index (Phi) is 4.22. The maximum absolute atomic E-state index is 13.3. The van der Waals surface area contributed by atoms with Gasteiger partial charge in [-0.1, -0.05) is 24.3 Å². The topological polar surface area (TPSA) is 53.7 Å². The van der Waals surface area contributed by atoms with Crippen LogP contribution in [-0.4, -0.2) is 51.4 Å². The minimum atomic E-state index is -0.392. The zero-order valence-electron chi connectivity index (χ0n) is 15.6. The lowest BCUT2D eigenvalue weighted by molar-refractivity contribution is -0.130. The molecule has 7 heteroatoms. The summed E-state index contributed by atoms with van der Waals surface area (Å²) in [5.74, 6) is 1.75. The van der Waals surface area contributed by atoms with Gasteiger partial charge in [-0.3, -0.25) is 9.20 Å². The molecule has 3 heterocycles. The van der Waals surface area contributed by atoms with Gasteiger partial charge in [0.05, 0.1) is 18.8 Å². The first kappa shape index (κ1) is 17.2. The lowest BCUT2D eigenvalue weighted by atomic mass is 10.1. The fourth-order valence-electron chi connectivity index (χ4n) is 3.80. The summed E-state index contributed by atoms with van der Waals surface area (Å²) in [6.45, 7) is 2.74. The van der Waals surface area contributed by atoms with Crippen LogP contribution in [0.3, 0.4) is 0 Å². The zero-order chi connectivity index (χ0) is 19.1. The highest BCUT2D eigenvalue weighted by atomic mass is 19.1. The summed E-state index contributed by atoms with van der Waals surface area (Å²) >= 11 is 0. The minimum absolute atomic E-state index is 0.164. The van der Waals surface area contributed by atoms with Gasteiger partial charge in [0.25, 0.3) is 0 Å². The number of amides is 1. The lowest BCUT2D eigenvalue weighted by Crippen LogP contribution is -2.49. The van der Waals surface area contributed by atoms with Crippen molar-refractivity contribution in [1.82, 2.24) is 19.3 Å². The number of anilines is 1. The molecule has 0 atom stereocenters. The standard InChI is InChI=1S/C21H22FN5O/c22-18-12-23-21-24-19(14-27(21)13-18)25-7-9-26(10-8-25)20(28)11-15-1-3-16(4-2-15)17-5-6-17/h1-4,12-14,17H,5-11H2. The third-order valence-electron chi connectivity index (χ3n) is 5.61. The fraction of sp³-hybridized carbons (Fsp3) is 0.381. The summed E-state index contributed by atoms with van der Waals surface area (Å²) in [4.78, 5) is 25.1. The van der Waals surface area contributed by atoms with E-state index in [-0.39, 0.29) is 5.91 Å². The van der Waals surface area contributed by atoms with E-state index in [1.807, 2.05) is 4.90 Å². The molecule has 2 aliphatic rings. The second kappa shape index (κ2) is 6.89. The molecule has 144 valence electrons. The predicted octanol–water partition coefficient (Wildman–Crippen LogP) is 2.64. The third kappa shape index (κ3) is 3.44. The monoisotopic (exact) mass is 379 g/mol. The van der Waals surface area contributed by atoms with Gasteiger partial charge >= 0.3 is 0 Å². The number of hydrogen-bond donors (Lipinski definition) is 0. The van der Waals surface area contributed by atoms with Crippen molar-refractivity contribution in [1.29, 1.82) is 0 Å². The number of benzene rings is 1. The van der Waals surface area contributed by atoms with E-state index in [9.17, 15) is 9.18 Å². The Labute approximate surface area is 162 Å². The van der Waals surface area contributed by atoms with E-state index in [0.29, 0.717) is 38.4 Å². The molecule has 0 bridgehead atoms. The van der Waals surface area contributed by atoms with Gasteiger partial charge in [0, 0.05) is 32.4 Å². The van der Waals surface area contributed by atoms with Crippen LogP contribution in [0.4, 0.5) is 10.2 Å². The number of carbonyl (C=O) groups is 1. The molecule has 1 amide bonds. The summed E-state index contributed by atoms with van der Waals surface area (Å²) in [5, 5.41) is 0. The Bertz CT molecular complexity index is 1000. The van der Waals surface area contributed by atoms with E-state index >= 15 is 0 Å². The van der Waals surface area contributed by atoms with Crippen LogP contribution >= 0.6 is 0 Å². The Morgan fingerprint density at radius 2 is 1.82 bits per heavy atom. The van der Waals surface area contributed by atoms with Crippen molar-refractivity contribution in [3.05, 3.63) is 59.8 Å². The predicted molar refractivity (Wildman–Crippen MR) is 104 cm³/mol. The van der Waals surface area contributed by atoms with E-state index < -0.39 is 5.82 Å². The van der Waals surface area contributed by atoms with Crippen LogP contribution in [0.5, 0.6) is 0 Å². The number of halogens is 1. The largest absolute Gasteiger partial charge is 0.352 e. The molecule has 2 fully saturated rings. The van der Waals surface area contributed by atoms with Crippen LogP contribution in [0.1, 0.15) is 29.9 Å². The van der Waals surface area contributed by atoms with Crippen molar-refractivity contribution < 1.29 is 9.18 Å². The maximum atomic E-state index is 13.3. The van der Waals surface area contributed by atoms with Crippen molar-refractivity contribution in [3.63, 3.8) is 0 Å². The molecule has 1 aliphatic carbocycles. The van der Waals surface area contributed by atoms with Crippen molar-refractivity contribution in [2.45, 2.75) is 25.2 Å². The molecule has 0 unspecified atom stereocenters. The number of rotatable bonds is 4. The quantitative estimate of drug-likeness (QED) is 0.699. The average molecular weight is 379 g/mol. The molecular weight excluding hydrogens is 357 g/mol. The SMILES string of the molecule is O=C(Cc1ccc(C2CC2)cc1)N1CCN(c2cn3cc(F)cnc3n2)CC1. The fourth-order valence-corrected chi connectivity index (χ4v) is 3.80. The highest BCUT2D eigenvalue weighted by Crippen LogP contribution is 2.39. The van der Waals surface area contributed by atoms with Gasteiger partial charge in [-0.15, -0.1) is 0 Å². The van der Waals surface area contributed by atoms with Crippen LogP contribution in [0.2, 0.25) is 0 Å². The summed E-state index contributed by atoms with van der Waals surface area (Å²) in [6, 6.07) is 8.51. The molecular formula is C21H22FN5O. The number of aromatic nitrogens is 3. The molecule has 1 aliphatic heterocycles. The van der Waals surface area contributed by atoms with Crippen LogP contribution in [0.25, 0.3) is 5.78 Å². The van der Waals surface area contributed by atoms with E-state index in [4.69, 9.17) is 0 Å².